The summed E-state index contributed by atoms with van der Waals surface area (Å²) in [6.45, 7) is 2.26. The summed E-state index contributed by atoms with van der Waals surface area (Å²) in [6, 6.07) is 20.3. The predicted molar refractivity (Wildman–Crippen MR) is 127 cm³/mol. The van der Waals surface area contributed by atoms with Crippen LogP contribution in [0.15, 0.2) is 60.7 Å². The molecule has 0 saturated carbocycles. The van der Waals surface area contributed by atoms with Crippen LogP contribution >= 0.6 is 0 Å². The highest BCUT2D eigenvalue weighted by Crippen LogP contribution is 2.35. The number of carbonyl (C=O) groups is 1. The Bertz CT molecular complexity index is 641. The van der Waals surface area contributed by atoms with Gasteiger partial charge in [-0.1, -0.05) is 138 Å². The van der Waals surface area contributed by atoms with Crippen LogP contribution < -0.4 is 0 Å². The van der Waals surface area contributed by atoms with Crippen molar-refractivity contribution in [2.75, 3.05) is 0 Å². The molecule has 0 fully saturated rings. The van der Waals surface area contributed by atoms with Crippen LogP contribution in [0.3, 0.4) is 0 Å². The third kappa shape index (κ3) is 8.73. The first-order valence-corrected chi connectivity index (χ1v) is 12.1. The van der Waals surface area contributed by atoms with E-state index in [0.717, 1.165) is 30.4 Å². The monoisotopic (exact) mass is 408 g/mol. The van der Waals surface area contributed by atoms with Gasteiger partial charge < -0.3 is 5.11 Å². The van der Waals surface area contributed by atoms with E-state index in [1.807, 2.05) is 36.4 Å². The molecule has 1 atom stereocenters. The largest absolute Gasteiger partial charge is 0.481 e. The van der Waals surface area contributed by atoms with Crippen molar-refractivity contribution in [3.05, 3.63) is 71.8 Å². The van der Waals surface area contributed by atoms with Crippen molar-refractivity contribution in [2.45, 2.75) is 89.9 Å². The summed E-state index contributed by atoms with van der Waals surface area (Å²) < 4.78 is 0. The molecule has 0 amide bonds. The third-order valence-electron chi connectivity index (χ3n) is 6.16. The van der Waals surface area contributed by atoms with Crippen LogP contribution in [0.5, 0.6) is 0 Å². The van der Waals surface area contributed by atoms with Crippen LogP contribution in [0, 0.1) is 5.92 Å². The summed E-state index contributed by atoms with van der Waals surface area (Å²) in [5.41, 5.74) is 2.19. The first-order chi connectivity index (χ1) is 14.7. The molecule has 0 radical (unpaired) electrons. The van der Waals surface area contributed by atoms with E-state index < -0.39 is 5.97 Å². The van der Waals surface area contributed by atoms with Crippen LogP contribution in [-0.2, 0) is 4.79 Å². The number of carboxylic acid groups (broad SMARTS) is 1. The smallest absolute Gasteiger partial charge is 0.307 e. The molecule has 30 heavy (non-hydrogen) atoms. The van der Waals surface area contributed by atoms with Crippen LogP contribution in [0.4, 0.5) is 0 Å². The van der Waals surface area contributed by atoms with Crippen molar-refractivity contribution in [1.82, 2.24) is 0 Å². The fraction of sp³-hybridized carbons (Fsp3) is 0.536. The molecule has 0 saturated heterocycles. The minimum Gasteiger partial charge on any atom is -0.481 e. The van der Waals surface area contributed by atoms with Crippen LogP contribution in [0.1, 0.15) is 101 Å². The lowest BCUT2D eigenvalue weighted by Crippen LogP contribution is -2.23. The number of hydrogen-bond acceptors (Lipinski definition) is 1. The third-order valence-corrected chi connectivity index (χ3v) is 6.16. The molecular formula is C28H40O2. The summed E-state index contributed by atoms with van der Waals surface area (Å²) in [7, 11) is 0. The number of rotatable bonds is 16. The first-order valence-electron chi connectivity index (χ1n) is 12.1. The van der Waals surface area contributed by atoms with Gasteiger partial charge in [0.2, 0.25) is 0 Å². The Morgan fingerprint density at radius 2 is 1.07 bits per heavy atom. The van der Waals surface area contributed by atoms with Crippen molar-refractivity contribution < 1.29 is 9.90 Å². The van der Waals surface area contributed by atoms with Gasteiger partial charge in [-0.2, -0.15) is 0 Å². The predicted octanol–water partition coefficient (Wildman–Crippen LogP) is 8.22. The maximum Gasteiger partial charge on any atom is 0.307 e. The van der Waals surface area contributed by atoms with Crippen molar-refractivity contribution >= 4 is 5.97 Å². The quantitative estimate of drug-likeness (QED) is 0.284. The zero-order valence-corrected chi connectivity index (χ0v) is 18.8. The molecule has 2 heteroatoms. The molecule has 2 rings (SSSR count). The molecule has 1 N–H and O–H groups in total. The van der Waals surface area contributed by atoms with Gasteiger partial charge in [-0.15, -0.1) is 0 Å². The second-order valence-corrected chi connectivity index (χ2v) is 8.57. The van der Waals surface area contributed by atoms with Gasteiger partial charge in [-0.05, 0) is 17.5 Å². The molecule has 2 nitrogen and oxygen atoms in total. The van der Waals surface area contributed by atoms with E-state index in [4.69, 9.17) is 0 Å². The highest BCUT2D eigenvalue weighted by atomic mass is 16.4. The van der Waals surface area contributed by atoms with E-state index in [1.165, 1.54) is 57.8 Å². The molecule has 0 aliphatic rings. The number of carboxylic acids is 1. The lowest BCUT2D eigenvalue weighted by atomic mass is 9.78. The maximum atomic E-state index is 12.2. The Kier molecular flexibility index (Phi) is 11.9. The molecule has 0 heterocycles. The lowest BCUT2D eigenvalue weighted by molar-refractivity contribution is -0.142. The molecule has 2 aromatic rings. The van der Waals surface area contributed by atoms with Gasteiger partial charge in [-0.25, -0.2) is 0 Å². The Labute approximate surface area is 183 Å². The Hall–Kier alpha value is -2.09. The van der Waals surface area contributed by atoms with Gasteiger partial charge in [0.1, 0.15) is 0 Å². The second kappa shape index (κ2) is 14.8. The average Bonchev–Trinajstić information content (AvgIpc) is 2.77. The highest BCUT2D eigenvalue weighted by Gasteiger charge is 2.30. The molecule has 1 unspecified atom stereocenters. The Morgan fingerprint density at radius 1 is 0.667 bits per heavy atom. The molecular weight excluding hydrogens is 368 g/mol. The van der Waals surface area contributed by atoms with Crippen molar-refractivity contribution in [1.29, 1.82) is 0 Å². The van der Waals surface area contributed by atoms with Gasteiger partial charge in [-0.3, -0.25) is 4.79 Å². The molecule has 2 aromatic carbocycles. The first kappa shape index (κ1) is 24.2. The van der Waals surface area contributed by atoms with Gasteiger partial charge in [0.05, 0.1) is 5.92 Å². The van der Waals surface area contributed by atoms with E-state index in [1.54, 1.807) is 0 Å². The zero-order chi connectivity index (χ0) is 21.4. The van der Waals surface area contributed by atoms with Crippen LogP contribution in [-0.4, -0.2) is 11.1 Å². The van der Waals surface area contributed by atoms with E-state index >= 15 is 0 Å². The number of aliphatic carboxylic acids is 1. The summed E-state index contributed by atoms with van der Waals surface area (Å²) in [5, 5.41) is 10.0. The lowest BCUT2D eigenvalue weighted by Gasteiger charge is -2.25. The summed E-state index contributed by atoms with van der Waals surface area (Å²) in [6.07, 6.45) is 14.9. The average molecular weight is 409 g/mol. The minimum atomic E-state index is -0.681. The summed E-state index contributed by atoms with van der Waals surface area (Å²) in [5.74, 6) is -1.15. The molecule has 0 bridgehead atoms. The molecule has 0 aliphatic carbocycles. The minimum absolute atomic E-state index is 0.0898. The van der Waals surface area contributed by atoms with E-state index in [9.17, 15) is 9.90 Å². The number of hydrogen-bond donors (Lipinski definition) is 1. The molecule has 0 spiro atoms. The Morgan fingerprint density at radius 3 is 1.47 bits per heavy atom. The standard InChI is InChI=1S/C28H40O2/c1-2-3-4-5-6-7-8-9-10-11-18-23-26(28(29)30)27(24-19-14-12-15-20-24)25-21-16-13-17-22-25/h12-17,19-22,26-27H,2-11,18,23H2,1H3,(H,29,30). The second-order valence-electron chi connectivity index (χ2n) is 8.57. The van der Waals surface area contributed by atoms with Crippen LogP contribution in [0.2, 0.25) is 0 Å². The van der Waals surface area contributed by atoms with E-state index in [2.05, 4.69) is 31.2 Å². The zero-order valence-electron chi connectivity index (χ0n) is 18.8. The van der Waals surface area contributed by atoms with Gasteiger partial charge in [0.25, 0.3) is 0 Å². The normalized spacial score (nSPS) is 12.2. The molecule has 164 valence electrons. The Balaban J connectivity index is 1.81. The number of unbranched alkanes of at least 4 members (excludes halogenated alkanes) is 10. The van der Waals surface area contributed by atoms with Crippen LogP contribution in [0.25, 0.3) is 0 Å². The fourth-order valence-corrected chi connectivity index (χ4v) is 4.44. The number of benzene rings is 2. The van der Waals surface area contributed by atoms with Gasteiger partial charge >= 0.3 is 5.97 Å². The summed E-state index contributed by atoms with van der Waals surface area (Å²) in [4.78, 5) is 12.2. The van der Waals surface area contributed by atoms with Crippen molar-refractivity contribution in [3.63, 3.8) is 0 Å². The van der Waals surface area contributed by atoms with Crippen molar-refractivity contribution in [2.24, 2.45) is 5.92 Å². The fourth-order valence-electron chi connectivity index (χ4n) is 4.44. The van der Waals surface area contributed by atoms with Gasteiger partial charge in [0.15, 0.2) is 0 Å². The van der Waals surface area contributed by atoms with Crippen molar-refractivity contribution in [3.8, 4) is 0 Å². The molecule has 0 aliphatic heterocycles. The van der Waals surface area contributed by atoms with Gasteiger partial charge in [0, 0.05) is 5.92 Å². The van der Waals surface area contributed by atoms with E-state index in [-0.39, 0.29) is 11.8 Å². The topological polar surface area (TPSA) is 37.3 Å². The van der Waals surface area contributed by atoms with E-state index in [0.29, 0.717) is 0 Å². The highest BCUT2D eigenvalue weighted by molar-refractivity contribution is 5.72. The molecule has 0 aromatic heterocycles. The SMILES string of the molecule is CCCCCCCCCCCCCC(C(=O)O)C(c1ccccc1)c1ccccc1. The summed E-state index contributed by atoms with van der Waals surface area (Å²) >= 11 is 0. The maximum absolute atomic E-state index is 12.2.